The molecule has 0 amide bonds. The van der Waals surface area contributed by atoms with Gasteiger partial charge in [0.15, 0.2) is 0 Å². The molecular weight excluding hydrogens is 1320 g/mol. The average molecular weight is 1460 g/mol. The van der Waals surface area contributed by atoms with E-state index in [4.69, 9.17) is 19.3 Å². The van der Waals surface area contributed by atoms with Crippen LogP contribution in [0, 0.1) is 129 Å². The Morgan fingerprint density at radius 1 is 0.437 bits per heavy atom. The van der Waals surface area contributed by atoms with E-state index < -0.39 is 20.2 Å². The van der Waals surface area contributed by atoms with Crippen molar-refractivity contribution in [2.24, 2.45) is 134 Å². The topological polar surface area (TPSA) is 170 Å². The summed E-state index contributed by atoms with van der Waals surface area (Å²) in [5, 5.41) is 5.31. The first-order valence-electron chi connectivity index (χ1n) is 43.4. The number of allylic oxidation sites excluding steroid dienone is 3. The van der Waals surface area contributed by atoms with E-state index in [9.17, 15) is 21.6 Å². The van der Waals surface area contributed by atoms with Crippen LogP contribution in [0.4, 0.5) is 0 Å². The zero-order valence-corrected chi connectivity index (χ0v) is 68.7. The van der Waals surface area contributed by atoms with Crippen molar-refractivity contribution in [2.45, 2.75) is 348 Å². The maximum atomic E-state index is 12.2. The first-order chi connectivity index (χ1) is 48.6. The second kappa shape index (κ2) is 27.4. The van der Waals surface area contributed by atoms with Gasteiger partial charge in [-0.1, -0.05) is 102 Å². The lowest BCUT2D eigenvalue weighted by atomic mass is 9.52. The highest BCUT2D eigenvalue weighted by Gasteiger charge is 2.65. The highest BCUT2D eigenvalue weighted by atomic mass is 32.2. The smallest absolute Gasteiger partial charge is 0.274 e. The van der Waals surface area contributed by atoms with Crippen molar-refractivity contribution >= 4 is 26.0 Å². The second-order valence-electron chi connectivity index (χ2n) is 42.0. The highest BCUT2D eigenvalue weighted by Crippen LogP contribution is 2.70. The molecule has 0 bridgehead atoms. The molecule has 13 nitrogen and oxygen atoms in total. The van der Waals surface area contributed by atoms with Crippen LogP contribution in [0.3, 0.4) is 0 Å². The summed E-state index contributed by atoms with van der Waals surface area (Å²) in [6, 6.07) is 1.32. The van der Waals surface area contributed by atoms with Gasteiger partial charge in [0.2, 0.25) is 10.0 Å². The number of carbonyl (C=O) groups excluding carboxylic acids is 1. The summed E-state index contributed by atoms with van der Waals surface area (Å²) in [6.07, 6.45) is 40.9. The molecule has 10 saturated carbocycles. The predicted molar refractivity (Wildman–Crippen MR) is 413 cm³/mol. The Bertz CT molecular complexity index is 3570. The van der Waals surface area contributed by atoms with Gasteiger partial charge in [0, 0.05) is 61.9 Å². The maximum Gasteiger partial charge on any atom is 0.274 e. The lowest BCUT2D eigenvalue weighted by Crippen LogP contribution is -2.51. The van der Waals surface area contributed by atoms with Crippen LogP contribution in [0.2, 0.25) is 0 Å². The molecule has 5 aliphatic heterocycles. The molecule has 3 spiro atoms. The molecule has 0 aromatic heterocycles. The third-order valence-electron chi connectivity index (χ3n) is 36.6. The SMILES string of the molecule is CC1=C2C[C@H]3[C@@H](CC[C@@H]4CC(=O)CC[C@@]43C)[C@@H]2CC[C@@]2(C1)O[C@@H]1C[C@H](C)CN(C)[C@H]1[C@H]2C.CC1=C2C[C@H]3[C@@H](CC[C@@H]4C[C@H](NS(C)(=O)=O)CC[C@@]43C)[C@@H]2CC[C@@]2(C1)O[C@@H]1C[C@H](C)CN(C)[C@H]1[C@H]2C.CC1=C2C[C@H]3[C@@H](CC[C@@H]4C[C@H](NS(N)(=O)=O)CC[C@@]43C)[C@@H]2CC[C@@]2(C1)O[C@@H]1C[C@H](C)CC[C@H]1[C@H]2C. The number of fused-ring (bicyclic) bond motifs is 18. The first kappa shape index (κ1) is 75.5. The Morgan fingerprint density at radius 3 is 1.26 bits per heavy atom. The Hall–Kier alpha value is -1.53. The third-order valence-corrected chi connectivity index (χ3v) is 38.0. The van der Waals surface area contributed by atoms with Crippen LogP contribution in [-0.2, 0) is 39.2 Å². The fourth-order valence-electron chi connectivity index (χ4n) is 31.6. The van der Waals surface area contributed by atoms with Gasteiger partial charge in [0.1, 0.15) is 5.78 Å². The van der Waals surface area contributed by atoms with Crippen LogP contribution in [0.1, 0.15) is 289 Å². The van der Waals surface area contributed by atoms with Crippen molar-refractivity contribution < 1.29 is 35.8 Å². The minimum Gasteiger partial charge on any atom is -0.371 e. The lowest BCUT2D eigenvalue weighted by Gasteiger charge is -2.54. The van der Waals surface area contributed by atoms with Gasteiger partial charge >= 0.3 is 0 Å². The standard InChI is InChI=1S/C30H50N2O3S.C29H48N2O3S.C29H45NO2/c1-18-13-27-28(32(5)17-18)20(3)30(35-27)12-10-23-24-8-7-21-14-22(31-36(6,33)34)9-11-29(21,4)26(24)15-25(23)19(2)16-30;1-17-5-7-22-19(3)29(34-27(22)13-17)12-10-23-24-8-6-20-14-21(31-35(30,32)33)9-11-28(20,4)26(24)15-25(23)18(2)16-29;1-17-12-26-27(30(5)16-17)19(3)29(32-26)11-9-22-23-7-6-20-13-21(31)8-10-28(20,4)25(23)14-24(22)18(2)15-29/h18,20-24,26-28,31H,7-17H2,1-6H3;17,19-24,26-27,31H,5-16H2,1-4H3,(H2,30,32,33);17,19-20,22-23,25-27H,6-16H2,1-5H3/t18-,20+,21+,22+,23-,24-,26-,27+,28-,29-,30-;17-,19-,20-,21-,22+,23+,24+,26+,27-,28+,29+;17-,19+,20+,22-,23-,25-,26+,27-,28-,29-/m010/s1. The molecule has 18 rings (SSSR count). The predicted octanol–water partition coefficient (Wildman–Crippen LogP) is 17.1. The van der Waals surface area contributed by atoms with Crippen LogP contribution >= 0.6 is 0 Å². The fourth-order valence-corrected chi connectivity index (χ4v) is 33.1. The zero-order chi connectivity index (χ0) is 72.8. The van der Waals surface area contributed by atoms with Gasteiger partial charge < -0.3 is 24.0 Å². The van der Waals surface area contributed by atoms with Crippen LogP contribution in [0.15, 0.2) is 33.4 Å². The van der Waals surface area contributed by atoms with E-state index >= 15 is 0 Å². The van der Waals surface area contributed by atoms with Crippen LogP contribution in [0.5, 0.6) is 0 Å². The molecule has 15 fully saturated rings. The molecule has 0 aromatic carbocycles. The molecular formula is C88H143N5O8S2. The van der Waals surface area contributed by atoms with Gasteiger partial charge in [-0.15, -0.1) is 0 Å². The first-order valence-corrected chi connectivity index (χ1v) is 46.8. The van der Waals surface area contributed by atoms with E-state index in [0.29, 0.717) is 87.9 Å². The molecule has 4 N–H and O–H groups in total. The number of nitrogens with one attached hydrogen (secondary N) is 2. The maximum absolute atomic E-state index is 12.2. The molecule has 5 saturated heterocycles. The van der Waals surface area contributed by atoms with Gasteiger partial charge in [-0.25, -0.2) is 18.3 Å². The number of Topliss-reactive ketones (excluding diaryl/α,β-unsaturated/α-hetero) is 1. The number of ether oxygens (including phenoxy) is 3. The van der Waals surface area contributed by atoms with Gasteiger partial charge in [0.25, 0.3) is 10.2 Å². The molecule has 580 valence electrons. The van der Waals surface area contributed by atoms with E-state index in [-0.39, 0.29) is 28.9 Å². The molecule has 18 aliphatic rings. The summed E-state index contributed by atoms with van der Waals surface area (Å²) >= 11 is 0. The highest BCUT2D eigenvalue weighted by molar-refractivity contribution is 7.88. The molecule has 0 radical (unpaired) electrons. The largest absolute Gasteiger partial charge is 0.371 e. The Balaban J connectivity index is 0.000000119. The number of likely N-dealkylation sites (N-methyl/N-ethyl adjacent to an activating group) is 2. The van der Waals surface area contributed by atoms with E-state index in [2.05, 4.69) is 116 Å². The molecule has 5 heterocycles. The van der Waals surface area contributed by atoms with Gasteiger partial charge in [-0.3, -0.25) is 4.79 Å². The molecule has 103 heavy (non-hydrogen) atoms. The van der Waals surface area contributed by atoms with Gasteiger partial charge in [0.05, 0.1) is 41.4 Å². The summed E-state index contributed by atoms with van der Waals surface area (Å²) in [7, 11) is -2.09. The van der Waals surface area contributed by atoms with E-state index in [1.54, 1.807) is 27.9 Å². The van der Waals surface area contributed by atoms with E-state index in [1.165, 1.54) is 154 Å². The molecule has 0 aromatic rings. The van der Waals surface area contributed by atoms with Crippen molar-refractivity contribution in [1.82, 2.24) is 19.2 Å². The van der Waals surface area contributed by atoms with Gasteiger partial charge in [-0.05, 0) is 338 Å². The number of piperidine rings is 2. The molecule has 0 unspecified atom stereocenters. The third kappa shape index (κ3) is 13.1. The monoisotopic (exact) mass is 1460 g/mol. The Kier molecular flexibility index (Phi) is 20.1. The van der Waals surface area contributed by atoms with Crippen LogP contribution in [-0.4, -0.2) is 125 Å². The van der Waals surface area contributed by atoms with Crippen molar-refractivity contribution in [3.05, 3.63) is 33.4 Å². The van der Waals surface area contributed by atoms with Crippen LogP contribution in [0.25, 0.3) is 0 Å². The van der Waals surface area contributed by atoms with E-state index in [0.717, 1.165) is 148 Å². The number of likely N-dealkylation sites (tertiary alicyclic amines) is 2. The normalized spacial score (nSPS) is 52.3. The van der Waals surface area contributed by atoms with Crippen molar-refractivity contribution in [3.8, 4) is 0 Å². The van der Waals surface area contributed by atoms with Gasteiger partial charge in [-0.2, -0.15) is 13.1 Å². The number of sulfonamides is 1. The fraction of sp³-hybridized carbons (Fsp3) is 0.920. The molecule has 15 heteroatoms. The number of hydrogen-bond donors (Lipinski definition) is 3. The number of ketones is 1. The number of rotatable bonds is 4. The Morgan fingerprint density at radius 2 is 0.825 bits per heavy atom. The Labute approximate surface area is 625 Å². The number of nitrogens with two attached hydrogens (primary N) is 1. The van der Waals surface area contributed by atoms with Crippen molar-refractivity contribution in [1.29, 1.82) is 0 Å². The summed E-state index contributed by atoms with van der Waals surface area (Å²) in [5.74, 6) is 14.5. The quantitative estimate of drug-likeness (QED) is 0.230. The summed E-state index contributed by atoms with van der Waals surface area (Å²) in [5.41, 5.74) is 11.7. The minimum absolute atomic E-state index is 0.0135. The lowest BCUT2D eigenvalue weighted by molar-refractivity contribution is -0.129. The zero-order valence-electron chi connectivity index (χ0n) is 67.1. The van der Waals surface area contributed by atoms with Crippen molar-refractivity contribution in [2.75, 3.05) is 33.4 Å². The number of hydrogen-bond acceptors (Lipinski definition) is 10. The van der Waals surface area contributed by atoms with Crippen molar-refractivity contribution in [3.63, 3.8) is 0 Å². The molecule has 13 aliphatic carbocycles. The molecule has 32 atom stereocenters. The van der Waals surface area contributed by atoms with E-state index in [1.807, 2.05) is 5.57 Å². The van der Waals surface area contributed by atoms with Crippen LogP contribution < -0.4 is 14.6 Å². The minimum atomic E-state index is -3.62. The summed E-state index contributed by atoms with van der Waals surface area (Å²) in [4.78, 5) is 17.4. The summed E-state index contributed by atoms with van der Waals surface area (Å²) in [6.45, 7) is 32.2. The number of nitrogens with zero attached hydrogens (tertiary/aromatic N) is 2. The second-order valence-corrected chi connectivity index (χ2v) is 45.1. The summed E-state index contributed by atoms with van der Waals surface area (Å²) < 4.78 is 74.0. The average Bonchev–Trinajstić information content (AvgIpc) is 1.60. The number of carbonyl (C=O) groups is 1.